The summed E-state index contributed by atoms with van der Waals surface area (Å²) >= 11 is 0. The van der Waals surface area contributed by atoms with Gasteiger partial charge in [0.05, 0.1) is 5.75 Å². The molecule has 2 heterocycles. The zero-order valence-electron chi connectivity index (χ0n) is 9.28. The molecule has 0 aromatic rings. The SMILES string of the molecule is CCCS(=O)(=O)N1CC2CCCC(C1)N2. The van der Waals surface area contributed by atoms with E-state index in [2.05, 4.69) is 5.32 Å². The summed E-state index contributed by atoms with van der Waals surface area (Å²) in [6.45, 7) is 3.28. The summed E-state index contributed by atoms with van der Waals surface area (Å²) in [6.07, 6.45) is 4.19. The van der Waals surface area contributed by atoms with E-state index in [0.717, 1.165) is 12.8 Å². The summed E-state index contributed by atoms with van der Waals surface area (Å²) in [5.41, 5.74) is 0. The van der Waals surface area contributed by atoms with Crippen molar-refractivity contribution in [1.82, 2.24) is 9.62 Å². The zero-order chi connectivity index (χ0) is 10.9. The van der Waals surface area contributed by atoms with Crippen LogP contribution in [0.3, 0.4) is 0 Å². The lowest BCUT2D eigenvalue weighted by molar-refractivity contribution is 0.190. The highest BCUT2D eigenvalue weighted by Gasteiger charge is 2.34. The number of piperazine rings is 1. The van der Waals surface area contributed by atoms with Crippen LogP contribution in [0.1, 0.15) is 32.6 Å². The Labute approximate surface area is 92.1 Å². The van der Waals surface area contributed by atoms with E-state index in [1.807, 2.05) is 6.92 Å². The molecule has 2 aliphatic heterocycles. The lowest BCUT2D eigenvalue weighted by Crippen LogP contribution is -2.60. The molecule has 2 rings (SSSR count). The molecule has 2 fully saturated rings. The molecule has 2 bridgehead atoms. The van der Waals surface area contributed by atoms with E-state index < -0.39 is 10.0 Å². The first-order chi connectivity index (χ1) is 7.12. The van der Waals surface area contributed by atoms with E-state index in [-0.39, 0.29) is 0 Å². The first kappa shape index (κ1) is 11.4. The van der Waals surface area contributed by atoms with Crippen LogP contribution in [0.4, 0.5) is 0 Å². The first-order valence-corrected chi connectivity index (χ1v) is 7.46. The largest absolute Gasteiger partial charge is 0.309 e. The number of rotatable bonds is 3. The minimum atomic E-state index is -2.98. The van der Waals surface area contributed by atoms with Crippen molar-refractivity contribution >= 4 is 10.0 Å². The first-order valence-electron chi connectivity index (χ1n) is 5.85. The average molecular weight is 232 g/mol. The van der Waals surface area contributed by atoms with Crippen LogP contribution in [0, 0.1) is 0 Å². The predicted octanol–water partition coefficient (Wildman–Crippen LogP) is 0.552. The predicted molar refractivity (Wildman–Crippen MR) is 60.2 cm³/mol. The molecule has 0 radical (unpaired) electrons. The summed E-state index contributed by atoms with van der Waals surface area (Å²) in [4.78, 5) is 0. The summed E-state index contributed by atoms with van der Waals surface area (Å²) in [5.74, 6) is 0.298. The van der Waals surface area contributed by atoms with Crippen LogP contribution in [0.2, 0.25) is 0 Å². The number of nitrogens with one attached hydrogen (secondary N) is 1. The Bertz CT molecular complexity index is 303. The molecular formula is C10H20N2O2S. The fourth-order valence-electron chi connectivity index (χ4n) is 2.58. The molecule has 15 heavy (non-hydrogen) atoms. The van der Waals surface area contributed by atoms with Gasteiger partial charge in [0.15, 0.2) is 0 Å². The Morgan fingerprint density at radius 2 is 1.87 bits per heavy atom. The molecule has 2 atom stereocenters. The molecule has 2 saturated heterocycles. The Kier molecular flexibility index (Phi) is 3.33. The van der Waals surface area contributed by atoms with Gasteiger partial charge in [0, 0.05) is 25.2 Å². The van der Waals surface area contributed by atoms with Crippen molar-refractivity contribution in [2.75, 3.05) is 18.8 Å². The van der Waals surface area contributed by atoms with E-state index in [1.165, 1.54) is 6.42 Å². The van der Waals surface area contributed by atoms with Gasteiger partial charge in [-0.3, -0.25) is 0 Å². The van der Waals surface area contributed by atoms with Crippen LogP contribution in [0.25, 0.3) is 0 Å². The number of piperidine rings is 1. The van der Waals surface area contributed by atoms with Crippen molar-refractivity contribution in [3.8, 4) is 0 Å². The summed E-state index contributed by atoms with van der Waals surface area (Å²) in [5, 5.41) is 3.49. The topological polar surface area (TPSA) is 49.4 Å². The summed E-state index contributed by atoms with van der Waals surface area (Å²) in [6, 6.07) is 0.785. The van der Waals surface area contributed by atoms with Crippen LogP contribution in [0.5, 0.6) is 0 Å². The Balaban J connectivity index is 2.05. The van der Waals surface area contributed by atoms with Crippen LogP contribution in [-0.4, -0.2) is 43.6 Å². The zero-order valence-corrected chi connectivity index (χ0v) is 10.1. The fourth-order valence-corrected chi connectivity index (χ4v) is 4.17. The third-order valence-electron chi connectivity index (χ3n) is 3.28. The second-order valence-electron chi connectivity index (χ2n) is 4.62. The van der Waals surface area contributed by atoms with Crippen molar-refractivity contribution in [2.45, 2.75) is 44.7 Å². The van der Waals surface area contributed by atoms with Crippen LogP contribution >= 0.6 is 0 Å². The summed E-state index contributed by atoms with van der Waals surface area (Å²) in [7, 11) is -2.98. The van der Waals surface area contributed by atoms with Gasteiger partial charge in [0.25, 0.3) is 0 Å². The highest BCUT2D eigenvalue weighted by atomic mass is 32.2. The van der Waals surface area contributed by atoms with Gasteiger partial charge in [0.2, 0.25) is 10.0 Å². The number of hydrogen-bond acceptors (Lipinski definition) is 3. The van der Waals surface area contributed by atoms with Gasteiger partial charge in [-0.05, 0) is 19.3 Å². The highest BCUT2D eigenvalue weighted by Crippen LogP contribution is 2.21. The second-order valence-corrected chi connectivity index (χ2v) is 6.71. The molecule has 2 aliphatic rings. The normalized spacial score (nSPS) is 32.9. The van der Waals surface area contributed by atoms with Gasteiger partial charge >= 0.3 is 0 Å². The van der Waals surface area contributed by atoms with Crippen molar-refractivity contribution in [3.63, 3.8) is 0 Å². The molecule has 0 aliphatic carbocycles. The van der Waals surface area contributed by atoms with Gasteiger partial charge in [-0.15, -0.1) is 0 Å². The Morgan fingerprint density at radius 3 is 2.40 bits per heavy atom. The molecule has 0 spiro atoms. The molecule has 88 valence electrons. The second kappa shape index (κ2) is 4.39. The lowest BCUT2D eigenvalue weighted by Gasteiger charge is -2.41. The van der Waals surface area contributed by atoms with E-state index in [1.54, 1.807) is 4.31 Å². The van der Waals surface area contributed by atoms with Gasteiger partial charge in [-0.2, -0.15) is 4.31 Å². The van der Waals surface area contributed by atoms with E-state index >= 15 is 0 Å². The molecule has 0 amide bonds. The third-order valence-corrected chi connectivity index (χ3v) is 5.29. The van der Waals surface area contributed by atoms with Crippen molar-refractivity contribution < 1.29 is 8.42 Å². The van der Waals surface area contributed by atoms with E-state index in [9.17, 15) is 8.42 Å². The van der Waals surface area contributed by atoms with Gasteiger partial charge in [0.1, 0.15) is 0 Å². The maximum absolute atomic E-state index is 11.9. The number of hydrogen-bond donors (Lipinski definition) is 1. The summed E-state index contributed by atoms with van der Waals surface area (Å²) < 4.78 is 25.5. The van der Waals surface area contributed by atoms with Crippen molar-refractivity contribution in [1.29, 1.82) is 0 Å². The minimum absolute atomic E-state index is 0.298. The smallest absolute Gasteiger partial charge is 0.214 e. The van der Waals surface area contributed by atoms with Crippen LogP contribution in [0.15, 0.2) is 0 Å². The molecule has 0 aromatic carbocycles. The van der Waals surface area contributed by atoms with Gasteiger partial charge in [-0.1, -0.05) is 13.3 Å². The molecule has 4 nitrogen and oxygen atoms in total. The Morgan fingerprint density at radius 1 is 1.27 bits per heavy atom. The van der Waals surface area contributed by atoms with Gasteiger partial charge in [-0.25, -0.2) is 8.42 Å². The monoisotopic (exact) mass is 232 g/mol. The molecule has 0 aromatic heterocycles. The van der Waals surface area contributed by atoms with Crippen molar-refractivity contribution in [2.24, 2.45) is 0 Å². The lowest BCUT2D eigenvalue weighted by atomic mass is 9.96. The van der Waals surface area contributed by atoms with Gasteiger partial charge < -0.3 is 5.32 Å². The van der Waals surface area contributed by atoms with Crippen LogP contribution < -0.4 is 5.32 Å². The molecule has 1 N–H and O–H groups in total. The maximum Gasteiger partial charge on any atom is 0.214 e. The highest BCUT2D eigenvalue weighted by molar-refractivity contribution is 7.89. The molecule has 5 heteroatoms. The van der Waals surface area contributed by atoms with Crippen LogP contribution in [-0.2, 0) is 10.0 Å². The average Bonchev–Trinajstić information content (AvgIpc) is 2.17. The molecular weight excluding hydrogens is 212 g/mol. The van der Waals surface area contributed by atoms with E-state index in [0.29, 0.717) is 37.3 Å². The maximum atomic E-state index is 11.9. The molecule has 0 saturated carbocycles. The minimum Gasteiger partial charge on any atom is -0.309 e. The fraction of sp³-hybridized carbons (Fsp3) is 1.00. The third kappa shape index (κ3) is 2.52. The number of nitrogens with zero attached hydrogens (tertiary/aromatic N) is 1. The van der Waals surface area contributed by atoms with E-state index in [4.69, 9.17) is 0 Å². The van der Waals surface area contributed by atoms with Crippen molar-refractivity contribution in [3.05, 3.63) is 0 Å². The number of fused-ring (bicyclic) bond motifs is 2. The molecule has 2 unspecified atom stereocenters. The standard InChI is InChI=1S/C10H20N2O2S/c1-2-6-15(13,14)12-7-9-4-3-5-10(8-12)11-9/h9-11H,2-8H2,1H3. The number of sulfonamides is 1. The Hall–Kier alpha value is -0.130. The quantitative estimate of drug-likeness (QED) is 0.773.